The number of carbonyl (C=O) groups is 2. The fraction of sp³-hybridized carbons (Fsp3) is 0.360. The van der Waals surface area contributed by atoms with Gasteiger partial charge in [0, 0.05) is 24.0 Å². The van der Waals surface area contributed by atoms with Crippen LogP contribution in [0.1, 0.15) is 35.5 Å². The number of carbonyl (C=O) groups excluding carboxylic acids is 2. The minimum atomic E-state index is -3.99. The number of aryl methyl sites for hydroxylation is 2. The first-order valence-electron chi connectivity index (χ1n) is 11.2. The molecule has 182 valence electrons. The third-order valence-electron chi connectivity index (χ3n) is 5.49. The Labute approximate surface area is 200 Å². The maximum absolute atomic E-state index is 13.4. The number of fused-ring (bicyclic) bond motifs is 1. The highest BCUT2D eigenvalue weighted by molar-refractivity contribution is 7.89. The lowest BCUT2D eigenvalue weighted by atomic mass is 10.1. The van der Waals surface area contributed by atoms with Gasteiger partial charge in [-0.15, -0.1) is 0 Å². The van der Waals surface area contributed by atoms with Crippen LogP contribution in [0.5, 0.6) is 0 Å². The van der Waals surface area contributed by atoms with Crippen LogP contribution >= 0.6 is 0 Å². The molecule has 0 N–H and O–H groups in total. The zero-order valence-corrected chi connectivity index (χ0v) is 20.7. The van der Waals surface area contributed by atoms with Crippen LogP contribution < -0.4 is 0 Å². The van der Waals surface area contributed by atoms with E-state index in [1.54, 1.807) is 36.6 Å². The molecule has 0 saturated heterocycles. The van der Waals surface area contributed by atoms with Gasteiger partial charge in [-0.3, -0.25) is 4.79 Å². The maximum atomic E-state index is 13.4. The van der Waals surface area contributed by atoms with Crippen LogP contribution in [-0.4, -0.2) is 55.5 Å². The minimum Gasteiger partial charge on any atom is -0.465 e. The van der Waals surface area contributed by atoms with Crippen LogP contribution in [0.3, 0.4) is 0 Å². The van der Waals surface area contributed by atoms with E-state index in [4.69, 9.17) is 9.47 Å². The highest BCUT2D eigenvalue weighted by Crippen LogP contribution is 2.25. The summed E-state index contributed by atoms with van der Waals surface area (Å²) < 4.78 is 39.9. The number of ether oxygens (including phenoxy) is 2. The topological polar surface area (TPSA) is 94.9 Å². The van der Waals surface area contributed by atoms with Gasteiger partial charge >= 0.3 is 11.9 Å². The molecule has 0 radical (unpaired) electrons. The van der Waals surface area contributed by atoms with Gasteiger partial charge in [0.25, 0.3) is 0 Å². The molecular weight excluding hydrogens is 456 g/mol. The van der Waals surface area contributed by atoms with E-state index in [0.717, 1.165) is 26.3 Å². The van der Waals surface area contributed by atoms with Gasteiger partial charge in [-0.1, -0.05) is 29.8 Å². The summed E-state index contributed by atoms with van der Waals surface area (Å²) in [5.74, 6) is -1.13. The molecule has 0 spiro atoms. The molecule has 3 rings (SSSR count). The van der Waals surface area contributed by atoms with Crippen molar-refractivity contribution in [1.29, 1.82) is 0 Å². The first-order chi connectivity index (χ1) is 16.2. The summed E-state index contributed by atoms with van der Waals surface area (Å²) in [6, 6.07) is 13.9. The normalized spacial score (nSPS) is 11.7. The molecule has 3 aromatic rings. The van der Waals surface area contributed by atoms with E-state index in [1.165, 1.54) is 12.1 Å². The Balaban J connectivity index is 2.00. The summed E-state index contributed by atoms with van der Waals surface area (Å²) in [5.41, 5.74) is 3.02. The second kappa shape index (κ2) is 10.8. The van der Waals surface area contributed by atoms with E-state index in [2.05, 4.69) is 0 Å². The first kappa shape index (κ1) is 25.5. The molecule has 0 atom stereocenters. The zero-order chi connectivity index (χ0) is 24.9. The molecule has 0 saturated carbocycles. The predicted molar refractivity (Wildman–Crippen MR) is 129 cm³/mol. The van der Waals surface area contributed by atoms with Gasteiger partial charge in [0.1, 0.15) is 12.2 Å². The SMILES string of the molecule is CCOC(=O)CN(CCn1c(C(=O)OCC)cc2c(C)cccc21)S(=O)(=O)c1ccc(C)cc1. The molecular formula is C25H30N2O6S. The molecule has 34 heavy (non-hydrogen) atoms. The number of hydrogen-bond acceptors (Lipinski definition) is 6. The summed E-state index contributed by atoms with van der Waals surface area (Å²) in [4.78, 5) is 25.0. The van der Waals surface area contributed by atoms with Crippen molar-refractivity contribution in [3.05, 3.63) is 65.4 Å². The number of esters is 2. The Hall–Kier alpha value is -3.17. The van der Waals surface area contributed by atoms with Crippen LogP contribution in [0.25, 0.3) is 10.9 Å². The first-order valence-corrected chi connectivity index (χ1v) is 12.6. The zero-order valence-electron chi connectivity index (χ0n) is 19.9. The van der Waals surface area contributed by atoms with Crippen molar-refractivity contribution in [1.82, 2.24) is 8.87 Å². The number of rotatable bonds is 10. The van der Waals surface area contributed by atoms with E-state index in [1.807, 2.05) is 32.0 Å². The summed E-state index contributed by atoms with van der Waals surface area (Å²) in [6.07, 6.45) is 0. The monoisotopic (exact) mass is 486 g/mol. The third-order valence-corrected chi connectivity index (χ3v) is 7.35. The summed E-state index contributed by atoms with van der Waals surface area (Å²) in [7, 11) is -3.99. The predicted octanol–water partition coefficient (Wildman–Crippen LogP) is 3.69. The molecule has 1 heterocycles. The number of hydrogen-bond donors (Lipinski definition) is 0. The Morgan fingerprint density at radius 1 is 0.971 bits per heavy atom. The van der Waals surface area contributed by atoms with Crippen molar-refractivity contribution < 1.29 is 27.5 Å². The molecule has 0 amide bonds. The summed E-state index contributed by atoms with van der Waals surface area (Å²) in [5, 5.41) is 0.879. The largest absolute Gasteiger partial charge is 0.465 e. The Bertz CT molecular complexity index is 1280. The van der Waals surface area contributed by atoms with E-state index in [0.29, 0.717) is 5.69 Å². The summed E-state index contributed by atoms with van der Waals surface area (Å²) >= 11 is 0. The number of benzene rings is 2. The van der Waals surface area contributed by atoms with Gasteiger partial charge in [-0.25, -0.2) is 13.2 Å². The Morgan fingerprint density at radius 2 is 1.65 bits per heavy atom. The third kappa shape index (κ3) is 5.48. The van der Waals surface area contributed by atoms with Crippen molar-refractivity contribution in [2.45, 2.75) is 39.1 Å². The Kier molecular flexibility index (Phi) is 8.11. The molecule has 8 nitrogen and oxygen atoms in total. The number of sulfonamides is 1. The summed E-state index contributed by atoms with van der Waals surface area (Å²) in [6.45, 7) is 7.23. The molecule has 9 heteroatoms. The second-order valence-corrected chi connectivity index (χ2v) is 9.80. The van der Waals surface area contributed by atoms with Crippen LogP contribution in [-0.2, 0) is 30.8 Å². The highest BCUT2D eigenvalue weighted by Gasteiger charge is 2.28. The molecule has 2 aromatic carbocycles. The van der Waals surface area contributed by atoms with E-state index < -0.39 is 28.5 Å². The van der Waals surface area contributed by atoms with Gasteiger partial charge in [-0.05, 0) is 57.5 Å². The quantitative estimate of drug-likeness (QED) is 0.406. The van der Waals surface area contributed by atoms with Gasteiger partial charge in [0.15, 0.2) is 0 Å². The van der Waals surface area contributed by atoms with Crippen LogP contribution in [0, 0.1) is 13.8 Å². The molecule has 0 aliphatic carbocycles. The van der Waals surface area contributed by atoms with Crippen LogP contribution in [0.15, 0.2) is 53.4 Å². The molecule has 0 unspecified atom stereocenters. The molecule has 0 fully saturated rings. The van der Waals surface area contributed by atoms with Crippen molar-refractivity contribution in [2.24, 2.45) is 0 Å². The average molecular weight is 487 g/mol. The van der Waals surface area contributed by atoms with E-state index in [-0.39, 0.29) is 31.2 Å². The lowest BCUT2D eigenvalue weighted by molar-refractivity contribution is -0.143. The van der Waals surface area contributed by atoms with Crippen molar-refractivity contribution in [3.63, 3.8) is 0 Å². The number of aromatic nitrogens is 1. The standard InChI is InChI=1S/C25H30N2O6S/c1-5-32-24(28)17-26(34(30,31)20-12-10-18(3)11-13-20)14-15-27-22-9-7-8-19(4)21(22)16-23(27)25(29)33-6-2/h7-13,16H,5-6,14-15,17H2,1-4H3. The number of nitrogens with zero attached hydrogens (tertiary/aromatic N) is 2. The molecule has 1 aromatic heterocycles. The smallest absolute Gasteiger partial charge is 0.354 e. The fourth-order valence-corrected chi connectivity index (χ4v) is 5.13. The average Bonchev–Trinajstić information content (AvgIpc) is 3.17. The minimum absolute atomic E-state index is 0.0425. The van der Waals surface area contributed by atoms with Crippen LogP contribution in [0.2, 0.25) is 0 Å². The van der Waals surface area contributed by atoms with Gasteiger partial charge in [-0.2, -0.15) is 4.31 Å². The molecule has 0 bridgehead atoms. The fourth-order valence-electron chi connectivity index (χ4n) is 3.75. The Morgan fingerprint density at radius 3 is 2.29 bits per heavy atom. The van der Waals surface area contributed by atoms with Gasteiger partial charge < -0.3 is 14.0 Å². The van der Waals surface area contributed by atoms with Gasteiger partial charge in [0.2, 0.25) is 10.0 Å². The van der Waals surface area contributed by atoms with E-state index >= 15 is 0 Å². The maximum Gasteiger partial charge on any atom is 0.354 e. The van der Waals surface area contributed by atoms with E-state index in [9.17, 15) is 18.0 Å². The highest BCUT2D eigenvalue weighted by atomic mass is 32.2. The van der Waals surface area contributed by atoms with Crippen LogP contribution in [0.4, 0.5) is 0 Å². The van der Waals surface area contributed by atoms with Crippen molar-refractivity contribution >= 4 is 32.9 Å². The molecule has 0 aliphatic rings. The molecule has 0 aliphatic heterocycles. The lowest BCUT2D eigenvalue weighted by Gasteiger charge is -2.22. The van der Waals surface area contributed by atoms with Gasteiger partial charge in [0.05, 0.1) is 18.1 Å². The van der Waals surface area contributed by atoms with Crippen molar-refractivity contribution in [2.75, 3.05) is 26.3 Å². The second-order valence-electron chi connectivity index (χ2n) is 7.87. The van der Waals surface area contributed by atoms with Crippen molar-refractivity contribution in [3.8, 4) is 0 Å². The lowest BCUT2D eigenvalue weighted by Crippen LogP contribution is -2.39.